The second-order valence-corrected chi connectivity index (χ2v) is 8.96. The maximum absolute atomic E-state index is 14.2. The van der Waals surface area contributed by atoms with Crippen molar-refractivity contribution in [3.05, 3.63) is 77.1 Å². The number of anilines is 1. The average Bonchev–Trinajstić information content (AvgIpc) is 3.24. The van der Waals surface area contributed by atoms with Crippen LogP contribution in [0.15, 0.2) is 59.8 Å². The summed E-state index contributed by atoms with van der Waals surface area (Å²) < 4.78 is 62.4. The van der Waals surface area contributed by atoms with Crippen molar-refractivity contribution < 1.29 is 21.9 Å². The number of sulfonamides is 1. The average molecular weight is 460 g/mol. The molecule has 4 aromatic rings. The van der Waals surface area contributed by atoms with Gasteiger partial charge in [-0.2, -0.15) is 0 Å². The smallest absolute Gasteiger partial charge is 0.333 e. The number of nitrogens with zero attached hydrogens (tertiary/aromatic N) is 3. The fraction of sp³-hybridized carbons (Fsp3) is 0.143. The lowest BCUT2D eigenvalue weighted by Crippen LogP contribution is -2.23. The van der Waals surface area contributed by atoms with Gasteiger partial charge < -0.3 is 9.30 Å². The molecule has 2 heterocycles. The van der Waals surface area contributed by atoms with Gasteiger partial charge in [-0.25, -0.2) is 27.0 Å². The maximum atomic E-state index is 14.2. The van der Waals surface area contributed by atoms with E-state index in [0.29, 0.717) is 22.8 Å². The Morgan fingerprint density at radius 1 is 1.09 bits per heavy atom. The molecule has 0 aliphatic heterocycles. The van der Waals surface area contributed by atoms with E-state index in [9.17, 15) is 22.0 Å². The lowest BCUT2D eigenvalue weighted by molar-refractivity contribution is 0.439. The Bertz CT molecular complexity index is 1500. The van der Waals surface area contributed by atoms with E-state index >= 15 is 0 Å². The zero-order valence-electron chi connectivity index (χ0n) is 17.0. The third-order valence-electron chi connectivity index (χ3n) is 4.75. The number of rotatable bonds is 6. The number of halogens is 2. The molecular formula is C21H18F2N4O4S. The van der Waals surface area contributed by atoms with Crippen LogP contribution in [0.4, 0.5) is 14.5 Å². The molecule has 1 N–H and O–H groups in total. The molecule has 0 saturated heterocycles. The molecule has 0 radical (unpaired) electrons. The van der Waals surface area contributed by atoms with Gasteiger partial charge in [-0.1, -0.05) is 0 Å². The van der Waals surface area contributed by atoms with Crippen molar-refractivity contribution in [2.75, 3.05) is 10.5 Å². The van der Waals surface area contributed by atoms with Crippen LogP contribution in [-0.4, -0.2) is 28.1 Å². The molecule has 4 rings (SSSR count). The Labute approximate surface area is 181 Å². The molecule has 2 aromatic heterocycles. The van der Waals surface area contributed by atoms with Gasteiger partial charge in [0, 0.05) is 48.5 Å². The highest BCUT2D eigenvalue weighted by atomic mass is 32.2. The van der Waals surface area contributed by atoms with Gasteiger partial charge in [0.1, 0.15) is 17.2 Å². The van der Waals surface area contributed by atoms with Crippen molar-refractivity contribution in [3.8, 4) is 22.6 Å². The first kappa shape index (κ1) is 21.5. The summed E-state index contributed by atoms with van der Waals surface area (Å²) >= 11 is 0. The van der Waals surface area contributed by atoms with Crippen LogP contribution in [0.5, 0.6) is 11.5 Å². The van der Waals surface area contributed by atoms with Crippen molar-refractivity contribution in [2.24, 2.45) is 7.05 Å². The fourth-order valence-corrected chi connectivity index (χ4v) is 3.78. The predicted molar refractivity (Wildman–Crippen MR) is 115 cm³/mol. The molecule has 0 spiro atoms. The summed E-state index contributed by atoms with van der Waals surface area (Å²) in [6, 6.07) is 7.31. The summed E-state index contributed by atoms with van der Waals surface area (Å²) in [5.41, 5.74) is 0.987. The molecule has 11 heteroatoms. The van der Waals surface area contributed by atoms with Crippen LogP contribution in [0.3, 0.4) is 0 Å². The number of hydrogen-bond acceptors (Lipinski definition) is 5. The van der Waals surface area contributed by atoms with E-state index in [1.807, 2.05) is 0 Å². The Balaban J connectivity index is 1.93. The number of ether oxygens (including phenoxy) is 1. The summed E-state index contributed by atoms with van der Waals surface area (Å²) in [6.07, 6.45) is 4.46. The van der Waals surface area contributed by atoms with Gasteiger partial charge in [-0.05, 0) is 37.3 Å². The Morgan fingerprint density at radius 3 is 2.56 bits per heavy atom. The van der Waals surface area contributed by atoms with E-state index in [-0.39, 0.29) is 28.6 Å². The lowest BCUT2D eigenvalue weighted by Gasteiger charge is -2.16. The van der Waals surface area contributed by atoms with Gasteiger partial charge in [0.25, 0.3) is 0 Å². The van der Waals surface area contributed by atoms with E-state index in [1.165, 1.54) is 52.7 Å². The minimum Gasteiger partial charge on any atom is -0.454 e. The summed E-state index contributed by atoms with van der Waals surface area (Å²) in [6.45, 7) is 1.50. The first-order valence-electron chi connectivity index (χ1n) is 9.49. The van der Waals surface area contributed by atoms with Crippen molar-refractivity contribution in [1.29, 1.82) is 0 Å². The van der Waals surface area contributed by atoms with E-state index in [1.54, 1.807) is 7.05 Å². The van der Waals surface area contributed by atoms with Gasteiger partial charge in [-0.15, -0.1) is 0 Å². The molecule has 2 aromatic carbocycles. The molecule has 8 nitrogen and oxygen atoms in total. The first-order valence-corrected chi connectivity index (χ1v) is 11.1. The predicted octanol–water partition coefficient (Wildman–Crippen LogP) is 3.53. The highest BCUT2D eigenvalue weighted by Crippen LogP contribution is 2.37. The minimum atomic E-state index is -3.57. The Hall–Kier alpha value is -3.73. The number of benzene rings is 2. The molecular weight excluding hydrogens is 442 g/mol. The lowest BCUT2D eigenvalue weighted by atomic mass is 10.1. The summed E-state index contributed by atoms with van der Waals surface area (Å²) in [5.74, 6) is -1.86. The number of aromatic nitrogens is 3. The van der Waals surface area contributed by atoms with Crippen LogP contribution in [-0.2, 0) is 17.1 Å². The van der Waals surface area contributed by atoms with Gasteiger partial charge in [-0.3, -0.25) is 9.12 Å². The molecule has 0 fully saturated rings. The highest BCUT2D eigenvalue weighted by molar-refractivity contribution is 7.92. The largest absolute Gasteiger partial charge is 0.454 e. The highest BCUT2D eigenvalue weighted by Gasteiger charge is 2.18. The van der Waals surface area contributed by atoms with Gasteiger partial charge >= 0.3 is 5.69 Å². The standard InChI is InChI=1S/C21H18F2N4O4S/c1-3-32(29,30)25-14-5-7-18(31-19-6-4-13(22)10-17(19)23)15(11-14)16-12-26(2)21(28)27-9-8-24-20(16)27/h4-12,25H,3H2,1-2H3. The summed E-state index contributed by atoms with van der Waals surface area (Å²) in [4.78, 5) is 16.6. The fourth-order valence-electron chi connectivity index (χ4n) is 3.14. The summed E-state index contributed by atoms with van der Waals surface area (Å²) in [5, 5.41) is 0. The van der Waals surface area contributed by atoms with Crippen LogP contribution in [0.1, 0.15) is 6.92 Å². The van der Waals surface area contributed by atoms with Crippen molar-refractivity contribution >= 4 is 21.4 Å². The zero-order chi connectivity index (χ0) is 23.0. The third-order valence-corrected chi connectivity index (χ3v) is 6.06. The van der Waals surface area contributed by atoms with Crippen LogP contribution in [0.2, 0.25) is 0 Å². The van der Waals surface area contributed by atoms with Crippen LogP contribution in [0.25, 0.3) is 16.8 Å². The second kappa shape index (κ2) is 8.08. The van der Waals surface area contributed by atoms with Gasteiger partial charge in [0.05, 0.1) is 5.75 Å². The first-order chi connectivity index (χ1) is 15.2. The molecule has 0 aliphatic carbocycles. The number of nitrogens with one attached hydrogen (secondary N) is 1. The van der Waals surface area contributed by atoms with E-state index in [0.717, 1.165) is 12.1 Å². The third kappa shape index (κ3) is 4.06. The minimum absolute atomic E-state index is 0.133. The molecule has 0 unspecified atom stereocenters. The molecule has 0 amide bonds. The summed E-state index contributed by atoms with van der Waals surface area (Å²) in [7, 11) is -2.02. The molecule has 0 bridgehead atoms. The normalized spacial score (nSPS) is 11.6. The molecule has 0 saturated carbocycles. The Kier molecular flexibility index (Phi) is 5.43. The Morgan fingerprint density at radius 2 is 1.84 bits per heavy atom. The molecule has 32 heavy (non-hydrogen) atoms. The van der Waals surface area contributed by atoms with Crippen molar-refractivity contribution in [2.45, 2.75) is 6.92 Å². The van der Waals surface area contributed by atoms with Crippen molar-refractivity contribution in [1.82, 2.24) is 14.0 Å². The SMILES string of the molecule is CCS(=O)(=O)Nc1ccc(Oc2ccc(F)cc2F)c(-c2cn(C)c(=O)n3ccnc23)c1. The number of aryl methyl sites for hydroxylation is 1. The number of hydrogen-bond donors (Lipinski definition) is 1. The van der Waals surface area contributed by atoms with E-state index in [2.05, 4.69) is 9.71 Å². The topological polar surface area (TPSA) is 94.7 Å². The second-order valence-electron chi connectivity index (χ2n) is 6.95. The monoisotopic (exact) mass is 460 g/mol. The quantitative estimate of drug-likeness (QED) is 0.475. The maximum Gasteiger partial charge on any atom is 0.333 e. The number of fused-ring (bicyclic) bond motifs is 1. The van der Waals surface area contributed by atoms with Crippen LogP contribution in [0, 0.1) is 11.6 Å². The van der Waals surface area contributed by atoms with Crippen LogP contribution >= 0.6 is 0 Å². The van der Waals surface area contributed by atoms with E-state index in [4.69, 9.17) is 4.74 Å². The zero-order valence-corrected chi connectivity index (χ0v) is 17.9. The molecule has 0 atom stereocenters. The van der Waals surface area contributed by atoms with Gasteiger partial charge in [0.15, 0.2) is 11.6 Å². The van der Waals surface area contributed by atoms with Crippen molar-refractivity contribution in [3.63, 3.8) is 0 Å². The van der Waals surface area contributed by atoms with Crippen LogP contribution < -0.4 is 15.1 Å². The molecule has 0 aliphatic rings. The molecule has 166 valence electrons. The van der Waals surface area contributed by atoms with E-state index < -0.39 is 21.7 Å². The number of imidazole rings is 1. The van der Waals surface area contributed by atoms with Gasteiger partial charge in [0.2, 0.25) is 10.0 Å².